The number of nitrogens with one attached hydrogen (secondary N) is 2. The van der Waals surface area contributed by atoms with Crippen LogP contribution in [0.15, 0.2) is 36.4 Å². The maximum Gasteiger partial charge on any atom is 0.245 e. The van der Waals surface area contributed by atoms with E-state index >= 15 is 0 Å². The third-order valence-electron chi connectivity index (χ3n) is 6.13. The molecule has 2 aromatic rings. The van der Waals surface area contributed by atoms with E-state index in [1.54, 1.807) is 0 Å². The van der Waals surface area contributed by atoms with Gasteiger partial charge in [0.15, 0.2) is 16.1 Å². The Morgan fingerprint density at radius 3 is 2.78 bits per heavy atom. The fourth-order valence-electron chi connectivity index (χ4n) is 4.22. The molecular weight excluding hydrogens is 448 g/mol. The molecule has 0 saturated carbocycles. The summed E-state index contributed by atoms with van der Waals surface area (Å²) in [4.78, 5) is 20.0. The van der Waals surface area contributed by atoms with E-state index in [0.29, 0.717) is 37.4 Å². The summed E-state index contributed by atoms with van der Waals surface area (Å²) < 4.78 is 31.2. The number of carbonyl (C=O) groups excluding carboxylic acids is 1. The van der Waals surface area contributed by atoms with Crippen LogP contribution in [0.25, 0.3) is 10.4 Å². The van der Waals surface area contributed by atoms with E-state index in [4.69, 9.17) is 9.57 Å². The molecule has 1 aromatic heterocycles. The Morgan fingerprint density at radius 1 is 1.22 bits per heavy atom. The number of benzene rings is 1. The molecule has 2 saturated heterocycles. The molecular formula is C23H30N2O5S2. The van der Waals surface area contributed by atoms with Crippen molar-refractivity contribution in [3.8, 4) is 10.4 Å². The SMILES string of the molecule is Cc1ccc(-c2ccc(C3(CC(=O)NOC4CCCCO4)CCNCCS3(=O)=O)s2)cc1. The Kier molecular flexibility index (Phi) is 7.31. The smallest absolute Gasteiger partial charge is 0.245 e. The van der Waals surface area contributed by atoms with Gasteiger partial charge in [-0.2, -0.15) is 0 Å². The van der Waals surface area contributed by atoms with Crippen molar-refractivity contribution < 1.29 is 22.8 Å². The first-order valence-corrected chi connectivity index (χ1v) is 13.5. The van der Waals surface area contributed by atoms with Gasteiger partial charge < -0.3 is 10.1 Å². The average molecular weight is 479 g/mol. The summed E-state index contributed by atoms with van der Waals surface area (Å²) >= 11 is 1.44. The lowest BCUT2D eigenvalue weighted by Gasteiger charge is -2.31. The second-order valence-electron chi connectivity index (χ2n) is 8.46. The number of sulfone groups is 1. The van der Waals surface area contributed by atoms with Crippen LogP contribution in [0.4, 0.5) is 0 Å². The molecule has 2 aliphatic rings. The number of ether oxygens (including phenoxy) is 1. The predicted octanol–water partition coefficient (Wildman–Crippen LogP) is 3.29. The number of hydrogen-bond acceptors (Lipinski definition) is 7. The van der Waals surface area contributed by atoms with E-state index in [-0.39, 0.29) is 12.2 Å². The molecule has 9 heteroatoms. The van der Waals surface area contributed by atoms with E-state index in [0.717, 1.165) is 28.8 Å². The van der Waals surface area contributed by atoms with Crippen LogP contribution < -0.4 is 10.8 Å². The fraction of sp³-hybridized carbons (Fsp3) is 0.522. The van der Waals surface area contributed by atoms with Crippen LogP contribution >= 0.6 is 11.3 Å². The van der Waals surface area contributed by atoms with Crippen LogP contribution in [0, 0.1) is 6.92 Å². The van der Waals surface area contributed by atoms with Crippen molar-refractivity contribution in [1.82, 2.24) is 10.8 Å². The molecule has 3 heterocycles. The first kappa shape index (κ1) is 23.4. The summed E-state index contributed by atoms with van der Waals surface area (Å²) in [5.41, 5.74) is 4.65. The van der Waals surface area contributed by atoms with Gasteiger partial charge in [0.2, 0.25) is 5.91 Å². The maximum atomic E-state index is 13.5. The minimum absolute atomic E-state index is 0.00929. The molecule has 2 aliphatic heterocycles. The summed E-state index contributed by atoms with van der Waals surface area (Å²) in [5, 5.41) is 3.17. The predicted molar refractivity (Wildman–Crippen MR) is 125 cm³/mol. The second kappa shape index (κ2) is 10.0. The Balaban J connectivity index is 1.60. The molecule has 1 amide bonds. The van der Waals surface area contributed by atoms with Crippen LogP contribution in [0.5, 0.6) is 0 Å². The minimum atomic E-state index is -3.59. The molecule has 0 spiro atoms. The molecule has 1 aromatic carbocycles. The molecule has 2 N–H and O–H groups in total. The van der Waals surface area contributed by atoms with Gasteiger partial charge >= 0.3 is 0 Å². The quantitative estimate of drug-likeness (QED) is 0.619. The zero-order chi connectivity index (χ0) is 22.6. The van der Waals surface area contributed by atoms with E-state index in [1.807, 2.05) is 43.3 Å². The Labute approximate surface area is 193 Å². The maximum absolute atomic E-state index is 13.5. The van der Waals surface area contributed by atoms with Crippen LogP contribution in [-0.4, -0.2) is 46.1 Å². The van der Waals surface area contributed by atoms with Crippen LogP contribution in [0.2, 0.25) is 0 Å². The van der Waals surface area contributed by atoms with E-state index in [9.17, 15) is 13.2 Å². The molecule has 0 bridgehead atoms. The summed E-state index contributed by atoms with van der Waals surface area (Å²) in [5.74, 6) is -0.458. The van der Waals surface area contributed by atoms with E-state index in [2.05, 4.69) is 10.8 Å². The van der Waals surface area contributed by atoms with Gasteiger partial charge in [0.05, 0.1) is 12.2 Å². The average Bonchev–Trinajstić information content (AvgIpc) is 3.23. The number of aryl methyl sites for hydroxylation is 1. The van der Waals surface area contributed by atoms with Crippen molar-refractivity contribution >= 4 is 27.1 Å². The first-order valence-electron chi connectivity index (χ1n) is 11.1. The third-order valence-corrected chi connectivity index (χ3v) is 10.1. The number of carbonyl (C=O) groups is 1. The normalized spacial score (nSPS) is 25.7. The third kappa shape index (κ3) is 5.07. The van der Waals surface area contributed by atoms with Gasteiger partial charge in [-0.1, -0.05) is 29.8 Å². The van der Waals surface area contributed by atoms with Crippen LogP contribution in [0.1, 0.15) is 42.5 Å². The highest BCUT2D eigenvalue weighted by molar-refractivity contribution is 7.92. The van der Waals surface area contributed by atoms with Gasteiger partial charge in [0.25, 0.3) is 0 Å². The zero-order valence-electron chi connectivity index (χ0n) is 18.3. The summed E-state index contributed by atoms with van der Waals surface area (Å²) in [6.45, 7) is 3.54. The molecule has 174 valence electrons. The largest absolute Gasteiger partial charge is 0.350 e. The highest BCUT2D eigenvalue weighted by atomic mass is 32.2. The van der Waals surface area contributed by atoms with Gasteiger partial charge in [-0.25, -0.2) is 18.7 Å². The highest BCUT2D eigenvalue weighted by Gasteiger charge is 2.48. The molecule has 2 atom stereocenters. The molecule has 2 unspecified atom stereocenters. The van der Waals surface area contributed by atoms with Gasteiger partial charge in [-0.05, 0) is 50.4 Å². The van der Waals surface area contributed by atoms with Crippen molar-refractivity contribution in [3.05, 3.63) is 46.8 Å². The minimum Gasteiger partial charge on any atom is -0.350 e. The standard InChI is InChI=1S/C23H30N2O5S2/c1-17-5-7-18(8-6-17)19-9-10-20(31-19)23(11-12-24-13-15-32(23,27)28)16-21(26)25-30-22-4-2-3-14-29-22/h5-10,22,24H,2-4,11-16H2,1H3,(H,25,26). The van der Waals surface area contributed by atoms with Crippen molar-refractivity contribution in [3.63, 3.8) is 0 Å². The van der Waals surface area contributed by atoms with Crippen molar-refractivity contribution in [1.29, 1.82) is 0 Å². The second-order valence-corrected chi connectivity index (χ2v) is 12.0. The monoisotopic (exact) mass is 478 g/mol. The highest BCUT2D eigenvalue weighted by Crippen LogP contribution is 2.44. The van der Waals surface area contributed by atoms with Crippen LogP contribution in [-0.2, 0) is 29.0 Å². The summed E-state index contributed by atoms with van der Waals surface area (Å²) in [6, 6.07) is 12.0. The lowest BCUT2D eigenvalue weighted by molar-refractivity contribution is -0.200. The lowest BCUT2D eigenvalue weighted by atomic mass is 9.97. The van der Waals surface area contributed by atoms with Gasteiger partial charge in [0.1, 0.15) is 4.75 Å². The molecule has 2 fully saturated rings. The molecule has 32 heavy (non-hydrogen) atoms. The van der Waals surface area contributed by atoms with Gasteiger partial charge in [-0.15, -0.1) is 11.3 Å². The Bertz CT molecular complexity index is 1030. The fourth-order valence-corrected chi connectivity index (χ4v) is 7.79. The molecule has 7 nitrogen and oxygen atoms in total. The van der Waals surface area contributed by atoms with Gasteiger partial charge in [-0.3, -0.25) is 4.79 Å². The van der Waals surface area contributed by atoms with Crippen molar-refractivity contribution in [2.45, 2.75) is 50.1 Å². The number of thiophene rings is 1. The van der Waals surface area contributed by atoms with Gasteiger partial charge in [0, 0.05) is 29.3 Å². The summed E-state index contributed by atoms with van der Waals surface area (Å²) in [6.07, 6.45) is 2.32. The van der Waals surface area contributed by atoms with E-state index in [1.165, 1.54) is 11.3 Å². The number of hydroxylamine groups is 1. The van der Waals surface area contributed by atoms with Crippen LogP contribution in [0.3, 0.4) is 0 Å². The van der Waals surface area contributed by atoms with E-state index < -0.39 is 26.8 Å². The van der Waals surface area contributed by atoms with Crippen molar-refractivity contribution in [2.24, 2.45) is 0 Å². The number of amides is 1. The Hall–Kier alpha value is -1.78. The molecule has 0 radical (unpaired) electrons. The lowest BCUT2D eigenvalue weighted by Crippen LogP contribution is -2.43. The summed E-state index contributed by atoms with van der Waals surface area (Å²) in [7, 11) is -3.59. The van der Waals surface area contributed by atoms with Crippen molar-refractivity contribution in [2.75, 3.05) is 25.4 Å². The zero-order valence-corrected chi connectivity index (χ0v) is 19.9. The molecule has 4 rings (SSSR count). The Morgan fingerprint density at radius 2 is 2.03 bits per heavy atom. The number of rotatable bonds is 6. The molecule has 0 aliphatic carbocycles. The topological polar surface area (TPSA) is 93.7 Å². The number of hydrogen-bond donors (Lipinski definition) is 2. The first-order chi connectivity index (χ1) is 15.4.